The van der Waals surface area contributed by atoms with Crippen LogP contribution in [0.5, 0.6) is 5.75 Å². The lowest BCUT2D eigenvalue weighted by Crippen LogP contribution is -1.76. The Labute approximate surface area is 101 Å². The zero-order chi connectivity index (χ0) is 11.4. The first-order valence-corrected chi connectivity index (χ1v) is 5.93. The number of hydrogen-bond donors (Lipinski definition) is 2. The van der Waals surface area contributed by atoms with Crippen molar-refractivity contribution in [3.05, 3.63) is 48.0 Å². The van der Waals surface area contributed by atoms with E-state index in [0.717, 1.165) is 22.9 Å². The molecule has 0 aliphatic rings. The smallest absolute Gasteiger partial charge is 0.116 e. The monoisotopic (exact) mass is 230 g/mol. The fourth-order valence-corrected chi connectivity index (χ4v) is 1.80. The minimum absolute atomic E-state index is 0.311. The summed E-state index contributed by atoms with van der Waals surface area (Å²) >= 11 is 4.16. The molecule has 16 heavy (non-hydrogen) atoms. The van der Waals surface area contributed by atoms with E-state index in [1.165, 1.54) is 5.56 Å². The highest BCUT2D eigenvalue weighted by Gasteiger charge is 1.95. The third-order valence-corrected chi connectivity index (χ3v) is 2.71. The van der Waals surface area contributed by atoms with Crippen molar-refractivity contribution in [3.63, 3.8) is 0 Å². The molecule has 2 aromatic rings. The van der Waals surface area contributed by atoms with Crippen molar-refractivity contribution < 1.29 is 5.11 Å². The van der Waals surface area contributed by atoms with Gasteiger partial charge in [-0.05, 0) is 46.7 Å². The van der Waals surface area contributed by atoms with Crippen molar-refractivity contribution in [2.75, 3.05) is 5.75 Å². The highest BCUT2D eigenvalue weighted by molar-refractivity contribution is 7.80. The highest BCUT2D eigenvalue weighted by atomic mass is 32.1. The lowest BCUT2D eigenvalue weighted by Gasteiger charge is -2.00. The summed E-state index contributed by atoms with van der Waals surface area (Å²) in [6.07, 6.45) is 5.20. The third-order valence-electron chi connectivity index (χ3n) is 2.45. The van der Waals surface area contributed by atoms with Crippen LogP contribution < -0.4 is 0 Å². The van der Waals surface area contributed by atoms with Gasteiger partial charge in [0, 0.05) is 0 Å². The number of rotatable bonds is 3. The molecule has 0 atom stereocenters. The van der Waals surface area contributed by atoms with Gasteiger partial charge < -0.3 is 5.11 Å². The van der Waals surface area contributed by atoms with E-state index in [9.17, 15) is 5.11 Å². The Bertz CT molecular complexity index is 517. The van der Waals surface area contributed by atoms with Gasteiger partial charge in [0.25, 0.3) is 0 Å². The summed E-state index contributed by atoms with van der Waals surface area (Å²) in [6.45, 7) is 0. The van der Waals surface area contributed by atoms with Crippen LogP contribution in [0.3, 0.4) is 0 Å². The molecule has 1 N–H and O–H groups in total. The second-order valence-electron chi connectivity index (χ2n) is 3.71. The molecule has 0 saturated heterocycles. The summed E-state index contributed by atoms with van der Waals surface area (Å²) in [5, 5.41) is 11.6. The Balaban J connectivity index is 2.33. The summed E-state index contributed by atoms with van der Waals surface area (Å²) in [6, 6.07) is 11.6. The van der Waals surface area contributed by atoms with Crippen LogP contribution >= 0.6 is 12.6 Å². The molecule has 0 aromatic heterocycles. The molecule has 0 fully saturated rings. The summed E-state index contributed by atoms with van der Waals surface area (Å²) in [5.74, 6) is 1.18. The fraction of sp³-hybridized carbons (Fsp3) is 0.143. The lowest BCUT2D eigenvalue weighted by molar-refractivity contribution is 0.476. The van der Waals surface area contributed by atoms with Crippen LogP contribution in [0.4, 0.5) is 0 Å². The summed E-state index contributed by atoms with van der Waals surface area (Å²) in [7, 11) is 0. The van der Waals surface area contributed by atoms with Crippen molar-refractivity contribution in [2.45, 2.75) is 6.42 Å². The van der Waals surface area contributed by atoms with Crippen LogP contribution in [-0.2, 0) is 0 Å². The highest BCUT2D eigenvalue weighted by Crippen LogP contribution is 2.21. The zero-order valence-corrected chi connectivity index (χ0v) is 9.82. The Morgan fingerprint density at radius 2 is 1.81 bits per heavy atom. The lowest BCUT2D eigenvalue weighted by atomic mass is 10.1. The molecule has 0 amide bonds. The maximum absolute atomic E-state index is 9.35. The Morgan fingerprint density at radius 1 is 1.06 bits per heavy atom. The van der Waals surface area contributed by atoms with E-state index in [1.807, 2.05) is 12.1 Å². The number of hydrogen-bond acceptors (Lipinski definition) is 2. The van der Waals surface area contributed by atoms with E-state index in [0.29, 0.717) is 5.75 Å². The van der Waals surface area contributed by atoms with Gasteiger partial charge in [-0.15, -0.1) is 0 Å². The Morgan fingerprint density at radius 3 is 2.62 bits per heavy atom. The molecule has 0 aliphatic carbocycles. The normalized spacial score (nSPS) is 11.3. The molecule has 0 heterocycles. The van der Waals surface area contributed by atoms with Crippen LogP contribution in [0.1, 0.15) is 12.0 Å². The van der Waals surface area contributed by atoms with Crippen LogP contribution in [0.2, 0.25) is 0 Å². The van der Waals surface area contributed by atoms with Crippen LogP contribution in [0, 0.1) is 0 Å². The number of allylic oxidation sites excluding steroid dienone is 1. The molecule has 1 nitrogen and oxygen atoms in total. The van der Waals surface area contributed by atoms with E-state index in [-0.39, 0.29) is 0 Å². The molecule has 2 rings (SSSR count). The average molecular weight is 230 g/mol. The average Bonchev–Trinajstić information content (AvgIpc) is 2.29. The van der Waals surface area contributed by atoms with E-state index in [2.05, 4.69) is 36.9 Å². The van der Waals surface area contributed by atoms with Crippen molar-refractivity contribution >= 4 is 29.5 Å². The van der Waals surface area contributed by atoms with Gasteiger partial charge >= 0.3 is 0 Å². The third kappa shape index (κ3) is 2.58. The quantitative estimate of drug-likeness (QED) is 0.767. The molecule has 0 unspecified atom stereocenters. The molecule has 0 saturated carbocycles. The minimum atomic E-state index is 0.311. The van der Waals surface area contributed by atoms with Crippen molar-refractivity contribution in [1.82, 2.24) is 0 Å². The maximum Gasteiger partial charge on any atom is 0.116 e. The number of aromatic hydroxyl groups is 1. The number of thiol groups is 1. The topological polar surface area (TPSA) is 20.2 Å². The van der Waals surface area contributed by atoms with Gasteiger partial charge in [0.05, 0.1) is 0 Å². The first kappa shape index (κ1) is 11.1. The van der Waals surface area contributed by atoms with E-state index >= 15 is 0 Å². The predicted octanol–water partition coefficient (Wildman–Crippen LogP) is 3.88. The van der Waals surface area contributed by atoms with Gasteiger partial charge in [-0.25, -0.2) is 0 Å². The molecular weight excluding hydrogens is 216 g/mol. The van der Waals surface area contributed by atoms with E-state index in [4.69, 9.17) is 0 Å². The van der Waals surface area contributed by atoms with Crippen molar-refractivity contribution in [3.8, 4) is 5.75 Å². The maximum atomic E-state index is 9.35. The molecule has 0 spiro atoms. The molecule has 0 aliphatic heterocycles. The van der Waals surface area contributed by atoms with Crippen molar-refractivity contribution in [1.29, 1.82) is 0 Å². The minimum Gasteiger partial charge on any atom is -0.508 e. The van der Waals surface area contributed by atoms with Crippen LogP contribution in [-0.4, -0.2) is 10.9 Å². The second kappa shape index (κ2) is 5.08. The van der Waals surface area contributed by atoms with Gasteiger partial charge in [-0.1, -0.05) is 30.4 Å². The van der Waals surface area contributed by atoms with Gasteiger partial charge in [-0.3, -0.25) is 0 Å². The molecule has 2 heteroatoms. The predicted molar refractivity (Wildman–Crippen MR) is 73.1 cm³/mol. The summed E-state index contributed by atoms with van der Waals surface area (Å²) in [5.41, 5.74) is 1.18. The van der Waals surface area contributed by atoms with Crippen LogP contribution in [0.25, 0.3) is 16.8 Å². The van der Waals surface area contributed by atoms with E-state index in [1.54, 1.807) is 12.1 Å². The Hall–Kier alpha value is -1.41. The van der Waals surface area contributed by atoms with Gasteiger partial charge in [-0.2, -0.15) is 12.6 Å². The molecule has 2 aromatic carbocycles. The first-order valence-electron chi connectivity index (χ1n) is 5.30. The number of fused-ring (bicyclic) bond motifs is 1. The zero-order valence-electron chi connectivity index (χ0n) is 8.93. The van der Waals surface area contributed by atoms with Crippen LogP contribution in [0.15, 0.2) is 42.5 Å². The van der Waals surface area contributed by atoms with Crippen molar-refractivity contribution in [2.24, 2.45) is 0 Å². The largest absolute Gasteiger partial charge is 0.508 e. The molecule has 0 radical (unpaired) electrons. The summed E-state index contributed by atoms with van der Waals surface area (Å²) in [4.78, 5) is 0. The SMILES string of the molecule is Oc1ccc2cc(C=CCCS)ccc2c1. The first-order chi connectivity index (χ1) is 7.79. The van der Waals surface area contributed by atoms with Gasteiger partial charge in [0.1, 0.15) is 5.75 Å². The number of phenolic OH excluding ortho intramolecular Hbond substituents is 1. The Kier molecular flexibility index (Phi) is 3.52. The molecular formula is C14H14OS. The second-order valence-corrected chi connectivity index (χ2v) is 4.15. The summed E-state index contributed by atoms with van der Waals surface area (Å²) < 4.78 is 0. The number of phenols is 1. The molecule has 82 valence electrons. The van der Waals surface area contributed by atoms with Gasteiger partial charge in [0.15, 0.2) is 0 Å². The molecule has 0 bridgehead atoms. The van der Waals surface area contributed by atoms with E-state index < -0.39 is 0 Å². The fourth-order valence-electron chi connectivity index (χ4n) is 1.65. The number of benzene rings is 2. The standard InChI is InChI=1S/C14H14OS/c15-14-7-6-12-9-11(3-1-2-8-16)4-5-13(12)10-14/h1,3-7,9-10,15-16H,2,8H2. The van der Waals surface area contributed by atoms with Gasteiger partial charge in [0.2, 0.25) is 0 Å².